The van der Waals surface area contributed by atoms with Crippen LogP contribution in [0.15, 0.2) is 36.5 Å². The van der Waals surface area contributed by atoms with Gasteiger partial charge in [-0.3, -0.25) is 9.59 Å². The summed E-state index contributed by atoms with van der Waals surface area (Å²) in [4.78, 5) is 25.8. The lowest BCUT2D eigenvalue weighted by molar-refractivity contribution is -0.150. The van der Waals surface area contributed by atoms with Gasteiger partial charge in [0.2, 0.25) is 0 Å². The van der Waals surface area contributed by atoms with Crippen LogP contribution in [-0.4, -0.2) is 44.8 Å². The highest BCUT2D eigenvalue weighted by atomic mass is 16.4. The zero-order valence-electron chi connectivity index (χ0n) is 13.9. The second-order valence-corrected chi connectivity index (χ2v) is 6.63. The largest absolute Gasteiger partial charge is 0.481 e. The third kappa shape index (κ3) is 2.91. The molecule has 0 saturated carbocycles. The van der Waals surface area contributed by atoms with Gasteiger partial charge in [-0.05, 0) is 57.0 Å². The molecule has 6 nitrogen and oxygen atoms in total. The van der Waals surface area contributed by atoms with Gasteiger partial charge in [0.1, 0.15) is 0 Å². The van der Waals surface area contributed by atoms with Crippen molar-refractivity contribution in [2.24, 2.45) is 5.41 Å². The number of rotatable bonds is 3. The number of amides is 1. The Bertz CT molecular complexity index is 766. The normalized spacial score (nSPS) is 20.8. The summed E-state index contributed by atoms with van der Waals surface area (Å²) in [6.07, 6.45) is 3.04. The molecule has 1 aliphatic rings. The molecule has 1 N–H and O–H groups in total. The summed E-state index contributed by atoms with van der Waals surface area (Å²) >= 11 is 0. The smallest absolute Gasteiger partial charge is 0.311 e. The fourth-order valence-electron chi connectivity index (χ4n) is 3.15. The van der Waals surface area contributed by atoms with Crippen LogP contribution in [0.1, 0.15) is 35.8 Å². The Labute approximate surface area is 140 Å². The lowest BCUT2D eigenvalue weighted by Gasteiger charge is -2.37. The summed E-state index contributed by atoms with van der Waals surface area (Å²) in [5.74, 6) is -0.963. The Kier molecular flexibility index (Phi) is 4.13. The molecule has 3 rings (SSSR count). The molecule has 1 unspecified atom stereocenters. The van der Waals surface area contributed by atoms with Crippen LogP contribution in [0.4, 0.5) is 0 Å². The fourth-order valence-corrected chi connectivity index (χ4v) is 3.15. The lowest BCUT2D eigenvalue weighted by atomic mass is 9.82. The molecule has 1 amide bonds. The Morgan fingerprint density at radius 3 is 2.50 bits per heavy atom. The Hall–Kier alpha value is -2.63. The van der Waals surface area contributed by atoms with Gasteiger partial charge in [0.25, 0.3) is 5.91 Å². The molecule has 0 spiro atoms. The van der Waals surface area contributed by atoms with E-state index in [4.69, 9.17) is 0 Å². The van der Waals surface area contributed by atoms with E-state index in [9.17, 15) is 14.7 Å². The highest BCUT2D eigenvalue weighted by Gasteiger charge is 2.39. The predicted molar refractivity (Wildman–Crippen MR) is 89.2 cm³/mol. The lowest BCUT2D eigenvalue weighted by Crippen LogP contribution is -2.48. The molecule has 126 valence electrons. The third-order valence-corrected chi connectivity index (χ3v) is 4.69. The van der Waals surface area contributed by atoms with E-state index in [2.05, 4.69) is 5.10 Å². The van der Waals surface area contributed by atoms with Gasteiger partial charge in [0.15, 0.2) is 0 Å². The van der Waals surface area contributed by atoms with Crippen LogP contribution in [0.5, 0.6) is 0 Å². The van der Waals surface area contributed by atoms with Gasteiger partial charge >= 0.3 is 5.97 Å². The molecule has 6 heteroatoms. The SMILES string of the molecule is Cc1ccnn1-c1ccc(C(=O)N2CCCC(C)(C(=O)O)C2)cc1. The van der Waals surface area contributed by atoms with E-state index in [1.54, 1.807) is 34.8 Å². The molecule has 1 fully saturated rings. The number of benzene rings is 1. The minimum atomic E-state index is -0.861. The molecule has 2 heterocycles. The van der Waals surface area contributed by atoms with E-state index >= 15 is 0 Å². The second-order valence-electron chi connectivity index (χ2n) is 6.63. The number of likely N-dealkylation sites (tertiary alicyclic amines) is 1. The first kappa shape index (κ1) is 16.2. The van der Waals surface area contributed by atoms with Crippen molar-refractivity contribution in [3.63, 3.8) is 0 Å². The standard InChI is InChI=1S/C18H21N3O3/c1-13-8-10-19-21(13)15-6-4-14(5-7-15)16(22)20-11-3-9-18(2,12-20)17(23)24/h4-8,10H,3,9,11-12H2,1-2H3,(H,23,24). The van der Waals surface area contributed by atoms with Crippen molar-refractivity contribution in [2.45, 2.75) is 26.7 Å². The highest BCUT2D eigenvalue weighted by molar-refractivity contribution is 5.95. The monoisotopic (exact) mass is 327 g/mol. The van der Waals surface area contributed by atoms with Crippen molar-refractivity contribution in [3.05, 3.63) is 47.8 Å². The molecule has 1 saturated heterocycles. The summed E-state index contributed by atoms with van der Waals surface area (Å²) in [6, 6.07) is 9.16. The topological polar surface area (TPSA) is 75.4 Å². The van der Waals surface area contributed by atoms with Gasteiger partial charge in [-0.1, -0.05) is 0 Å². The van der Waals surface area contributed by atoms with E-state index < -0.39 is 11.4 Å². The molecule has 0 radical (unpaired) electrons. The molecule has 2 aromatic rings. The molecule has 1 atom stereocenters. The van der Waals surface area contributed by atoms with E-state index in [0.717, 1.165) is 11.4 Å². The average molecular weight is 327 g/mol. The van der Waals surface area contributed by atoms with Crippen molar-refractivity contribution in [2.75, 3.05) is 13.1 Å². The van der Waals surface area contributed by atoms with E-state index in [0.29, 0.717) is 24.9 Å². The van der Waals surface area contributed by atoms with E-state index in [-0.39, 0.29) is 12.5 Å². The van der Waals surface area contributed by atoms with Crippen LogP contribution >= 0.6 is 0 Å². The molecule has 1 aromatic heterocycles. The summed E-state index contributed by atoms with van der Waals surface area (Å²) < 4.78 is 1.80. The molecular formula is C18H21N3O3. The molecule has 24 heavy (non-hydrogen) atoms. The van der Waals surface area contributed by atoms with Crippen molar-refractivity contribution in [1.29, 1.82) is 0 Å². The summed E-state index contributed by atoms with van der Waals surface area (Å²) in [5, 5.41) is 13.6. The number of carboxylic acid groups (broad SMARTS) is 1. The number of carbonyl (C=O) groups excluding carboxylic acids is 1. The van der Waals surface area contributed by atoms with Crippen LogP contribution in [0.3, 0.4) is 0 Å². The van der Waals surface area contributed by atoms with Gasteiger partial charge < -0.3 is 10.0 Å². The van der Waals surface area contributed by atoms with E-state index in [1.165, 1.54) is 0 Å². The number of hydrogen-bond donors (Lipinski definition) is 1. The van der Waals surface area contributed by atoms with Crippen molar-refractivity contribution in [3.8, 4) is 5.69 Å². The number of aryl methyl sites for hydroxylation is 1. The van der Waals surface area contributed by atoms with Crippen molar-refractivity contribution < 1.29 is 14.7 Å². The Morgan fingerprint density at radius 1 is 1.21 bits per heavy atom. The zero-order chi connectivity index (χ0) is 17.3. The quantitative estimate of drug-likeness (QED) is 0.940. The van der Waals surface area contributed by atoms with Gasteiger partial charge in [-0.15, -0.1) is 0 Å². The molecule has 1 aliphatic heterocycles. The maximum atomic E-state index is 12.7. The first-order valence-corrected chi connectivity index (χ1v) is 8.04. The zero-order valence-corrected chi connectivity index (χ0v) is 13.9. The molecular weight excluding hydrogens is 306 g/mol. The Morgan fingerprint density at radius 2 is 1.92 bits per heavy atom. The van der Waals surface area contributed by atoms with Crippen molar-refractivity contribution >= 4 is 11.9 Å². The second kappa shape index (κ2) is 6.11. The fraction of sp³-hybridized carbons (Fsp3) is 0.389. The van der Waals surface area contributed by atoms with Gasteiger partial charge in [-0.2, -0.15) is 5.10 Å². The third-order valence-electron chi connectivity index (χ3n) is 4.69. The molecule has 1 aromatic carbocycles. The number of nitrogens with zero attached hydrogens (tertiary/aromatic N) is 3. The minimum absolute atomic E-state index is 0.120. The van der Waals surface area contributed by atoms with Crippen molar-refractivity contribution in [1.82, 2.24) is 14.7 Å². The number of aromatic nitrogens is 2. The number of carbonyl (C=O) groups is 2. The maximum absolute atomic E-state index is 12.7. The number of aliphatic carboxylic acids is 1. The summed E-state index contributed by atoms with van der Waals surface area (Å²) in [7, 11) is 0. The number of carboxylic acids is 1. The first-order valence-electron chi connectivity index (χ1n) is 8.04. The van der Waals surface area contributed by atoms with Gasteiger partial charge in [0.05, 0.1) is 11.1 Å². The average Bonchev–Trinajstić information content (AvgIpc) is 3.00. The van der Waals surface area contributed by atoms with Gasteiger partial charge in [0, 0.05) is 30.5 Å². The highest BCUT2D eigenvalue weighted by Crippen LogP contribution is 2.30. The van der Waals surface area contributed by atoms with Crippen LogP contribution in [0.25, 0.3) is 5.69 Å². The maximum Gasteiger partial charge on any atom is 0.311 e. The summed E-state index contributed by atoms with van der Waals surface area (Å²) in [6.45, 7) is 4.52. The number of piperidine rings is 1. The first-order chi connectivity index (χ1) is 11.4. The van der Waals surface area contributed by atoms with E-state index in [1.807, 2.05) is 25.1 Å². The minimum Gasteiger partial charge on any atom is -0.481 e. The molecule has 0 bridgehead atoms. The number of hydrogen-bond acceptors (Lipinski definition) is 3. The molecule has 0 aliphatic carbocycles. The Balaban J connectivity index is 1.78. The van der Waals surface area contributed by atoms with Crippen LogP contribution < -0.4 is 0 Å². The summed E-state index contributed by atoms with van der Waals surface area (Å²) in [5.41, 5.74) is 1.61. The van der Waals surface area contributed by atoms with Crippen LogP contribution in [-0.2, 0) is 4.79 Å². The predicted octanol–water partition coefficient (Wildman–Crippen LogP) is 2.51. The van der Waals surface area contributed by atoms with Crippen LogP contribution in [0, 0.1) is 12.3 Å². The van der Waals surface area contributed by atoms with Crippen LogP contribution in [0.2, 0.25) is 0 Å². The van der Waals surface area contributed by atoms with Gasteiger partial charge in [-0.25, -0.2) is 4.68 Å².